The second-order valence-corrected chi connectivity index (χ2v) is 4.10. The highest BCUT2D eigenvalue weighted by Gasteiger charge is 2.22. The number of hydrogen-bond donors (Lipinski definition) is 1. The van der Waals surface area contributed by atoms with E-state index < -0.39 is 18.0 Å². The summed E-state index contributed by atoms with van der Waals surface area (Å²) < 4.78 is 26.6. The van der Waals surface area contributed by atoms with Crippen molar-refractivity contribution in [2.75, 3.05) is 5.32 Å². The number of amides is 1. The third-order valence-electron chi connectivity index (χ3n) is 2.77. The van der Waals surface area contributed by atoms with Gasteiger partial charge in [0.1, 0.15) is 11.4 Å². The van der Waals surface area contributed by atoms with Crippen molar-refractivity contribution >= 4 is 11.7 Å². The molecule has 0 aliphatic carbocycles. The Balaban J connectivity index is 2.23. The molecule has 0 aliphatic rings. The van der Waals surface area contributed by atoms with Crippen molar-refractivity contribution in [3.8, 4) is 0 Å². The van der Waals surface area contributed by atoms with Gasteiger partial charge in [0.2, 0.25) is 0 Å². The van der Waals surface area contributed by atoms with E-state index in [1.54, 1.807) is 12.1 Å². The molecular weight excluding hydrogens is 268 g/mol. The lowest BCUT2D eigenvalue weighted by Gasteiger charge is -2.05. The fraction of sp³-hybridized carbons (Fsp3) is 0.333. The van der Waals surface area contributed by atoms with Crippen molar-refractivity contribution in [2.45, 2.75) is 19.8 Å². The molecule has 0 unspecified atom stereocenters. The van der Waals surface area contributed by atoms with Crippen LogP contribution in [-0.4, -0.2) is 25.9 Å². The number of aromatic nitrogens is 4. The van der Waals surface area contributed by atoms with Gasteiger partial charge in [0.25, 0.3) is 12.3 Å². The van der Waals surface area contributed by atoms with E-state index in [4.69, 9.17) is 0 Å². The topological polar surface area (TPSA) is 72.7 Å². The molecular formula is C12H13F2N5O. The van der Waals surface area contributed by atoms with E-state index in [2.05, 4.69) is 20.6 Å². The summed E-state index contributed by atoms with van der Waals surface area (Å²) in [7, 11) is 1.33. The zero-order chi connectivity index (χ0) is 14.7. The molecule has 0 bridgehead atoms. The number of pyridine rings is 1. The summed E-state index contributed by atoms with van der Waals surface area (Å²) in [5, 5.41) is 9.29. The molecule has 0 saturated heterocycles. The molecule has 8 heteroatoms. The van der Waals surface area contributed by atoms with E-state index >= 15 is 0 Å². The summed E-state index contributed by atoms with van der Waals surface area (Å²) in [4.78, 5) is 15.9. The Labute approximate surface area is 113 Å². The number of halogens is 2. The highest BCUT2D eigenvalue weighted by molar-refractivity contribution is 6.02. The quantitative estimate of drug-likeness (QED) is 0.929. The molecule has 0 spiro atoms. The van der Waals surface area contributed by atoms with E-state index in [9.17, 15) is 13.6 Å². The SMILES string of the molecule is CCc1ccnc(C(=O)Nc2nnn(C)c2C(F)F)c1. The number of anilines is 1. The second kappa shape index (κ2) is 5.72. The molecule has 2 aromatic heterocycles. The molecule has 2 rings (SSSR count). The third-order valence-corrected chi connectivity index (χ3v) is 2.77. The Morgan fingerprint density at radius 2 is 2.25 bits per heavy atom. The van der Waals surface area contributed by atoms with Gasteiger partial charge in [0.15, 0.2) is 5.82 Å². The zero-order valence-corrected chi connectivity index (χ0v) is 11.0. The molecule has 1 N–H and O–H groups in total. The second-order valence-electron chi connectivity index (χ2n) is 4.10. The van der Waals surface area contributed by atoms with Gasteiger partial charge in [0, 0.05) is 13.2 Å². The van der Waals surface area contributed by atoms with E-state index in [0.29, 0.717) is 0 Å². The summed E-state index contributed by atoms with van der Waals surface area (Å²) in [5.74, 6) is -0.848. The maximum atomic E-state index is 12.8. The molecule has 0 fully saturated rings. The molecule has 2 heterocycles. The van der Waals surface area contributed by atoms with Crippen LogP contribution in [0.3, 0.4) is 0 Å². The van der Waals surface area contributed by atoms with Gasteiger partial charge in [-0.15, -0.1) is 5.10 Å². The van der Waals surface area contributed by atoms with E-state index in [1.807, 2.05) is 6.92 Å². The van der Waals surface area contributed by atoms with Crippen molar-refractivity contribution in [3.05, 3.63) is 35.3 Å². The molecule has 0 aliphatic heterocycles. The van der Waals surface area contributed by atoms with Crippen LogP contribution in [0, 0.1) is 0 Å². The minimum absolute atomic E-state index is 0.148. The van der Waals surface area contributed by atoms with Crippen LogP contribution >= 0.6 is 0 Å². The van der Waals surface area contributed by atoms with Gasteiger partial charge in [-0.05, 0) is 24.1 Å². The Kier molecular flexibility index (Phi) is 4.02. The first-order chi connectivity index (χ1) is 9.52. The standard InChI is InChI=1S/C12H13F2N5O/c1-3-7-4-5-15-8(6-7)12(20)16-11-9(10(13)14)19(2)18-17-11/h4-6,10H,3H2,1-2H3,(H,16,20). The van der Waals surface area contributed by atoms with E-state index in [1.165, 1.54) is 13.2 Å². The average Bonchev–Trinajstić information content (AvgIpc) is 2.79. The average molecular weight is 281 g/mol. The molecule has 0 radical (unpaired) electrons. The van der Waals surface area contributed by atoms with Crippen LogP contribution in [0.15, 0.2) is 18.3 Å². The predicted molar refractivity (Wildman–Crippen MR) is 67.5 cm³/mol. The molecule has 6 nitrogen and oxygen atoms in total. The van der Waals surface area contributed by atoms with Gasteiger partial charge in [-0.25, -0.2) is 13.5 Å². The monoisotopic (exact) mass is 281 g/mol. The summed E-state index contributed by atoms with van der Waals surface area (Å²) in [6.07, 6.45) is -0.533. The van der Waals surface area contributed by atoms with Crippen molar-refractivity contribution in [2.24, 2.45) is 7.05 Å². The largest absolute Gasteiger partial charge is 0.302 e. The van der Waals surface area contributed by atoms with Crippen LogP contribution in [0.2, 0.25) is 0 Å². The predicted octanol–water partition coefficient (Wildman–Crippen LogP) is 1.96. The normalized spacial score (nSPS) is 10.8. The molecule has 0 aromatic carbocycles. The lowest BCUT2D eigenvalue weighted by atomic mass is 10.2. The van der Waals surface area contributed by atoms with Crippen LogP contribution in [0.5, 0.6) is 0 Å². The fourth-order valence-electron chi connectivity index (χ4n) is 1.69. The first-order valence-electron chi connectivity index (χ1n) is 5.97. The van der Waals surface area contributed by atoms with Crippen LogP contribution < -0.4 is 5.32 Å². The maximum absolute atomic E-state index is 12.8. The third kappa shape index (κ3) is 2.79. The Morgan fingerprint density at radius 3 is 2.90 bits per heavy atom. The zero-order valence-electron chi connectivity index (χ0n) is 11.0. The molecule has 0 atom stereocenters. The highest BCUT2D eigenvalue weighted by atomic mass is 19.3. The Hall–Kier alpha value is -2.38. The fourth-order valence-corrected chi connectivity index (χ4v) is 1.69. The number of alkyl halides is 2. The lowest BCUT2D eigenvalue weighted by Crippen LogP contribution is -2.15. The van der Waals surface area contributed by atoms with Crippen molar-refractivity contribution in [1.29, 1.82) is 0 Å². The minimum atomic E-state index is -2.78. The molecule has 1 amide bonds. The van der Waals surface area contributed by atoms with E-state index in [0.717, 1.165) is 16.7 Å². The number of nitrogens with one attached hydrogen (secondary N) is 1. The Bertz CT molecular complexity index is 626. The van der Waals surface area contributed by atoms with Crippen LogP contribution in [0.4, 0.5) is 14.6 Å². The smallest absolute Gasteiger partial charge is 0.283 e. The maximum Gasteiger partial charge on any atom is 0.283 e. The number of carbonyl (C=O) groups is 1. The number of hydrogen-bond acceptors (Lipinski definition) is 4. The first kappa shape index (κ1) is 14.0. The first-order valence-corrected chi connectivity index (χ1v) is 5.97. The van der Waals surface area contributed by atoms with Crippen LogP contribution in [0.1, 0.15) is 35.1 Å². The van der Waals surface area contributed by atoms with Crippen molar-refractivity contribution in [1.82, 2.24) is 20.0 Å². The van der Waals surface area contributed by atoms with Gasteiger partial charge in [0.05, 0.1) is 0 Å². The molecule has 106 valence electrons. The van der Waals surface area contributed by atoms with Gasteiger partial charge in [-0.3, -0.25) is 9.78 Å². The molecule has 2 aromatic rings. The van der Waals surface area contributed by atoms with Gasteiger partial charge in [-0.1, -0.05) is 12.1 Å². The van der Waals surface area contributed by atoms with Gasteiger partial charge >= 0.3 is 0 Å². The number of carbonyl (C=O) groups excluding carboxylic acids is 1. The molecule has 0 saturated carbocycles. The van der Waals surface area contributed by atoms with Gasteiger partial charge in [-0.2, -0.15) is 0 Å². The highest BCUT2D eigenvalue weighted by Crippen LogP contribution is 2.24. The number of rotatable bonds is 4. The molecule has 20 heavy (non-hydrogen) atoms. The number of nitrogens with zero attached hydrogens (tertiary/aromatic N) is 4. The van der Waals surface area contributed by atoms with Gasteiger partial charge < -0.3 is 5.32 Å². The number of aryl methyl sites for hydroxylation is 2. The summed E-state index contributed by atoms with van der Waals surface area (Å²) in [6, 6.07) is 3.39. The Morgan fingerprint density at radius 1 is 1.50 bits per heavy atom. The van der Waals surface area contributed by atoms with Crippen molar-refractivity contribution < 1.29 is 13.6 Å². The van der Waals surface area contributed by atoms with E-state index in [-0.39, 0.29) is 11.5 Å². The van der Waals surface area contributed by atoms with Crippen LogP contribution in [0.25, 0.3) is 0 Å². The summed E-state index contributed by atoms with van der Waals surface area (Å²) >= 11 is 0. The minimum Gasteiger partial charge on any atom is -0.302 e. The lowest BCUT2D eigenvalue weighted by molar-refractivity contribution is 0.102. The summed E-state index contributed by atoms with van der Waals surface area (Å²) in [5.41, 5.74) is 0.638. The van der Waals surface area contributed by atoms with Crippen LogP contribution in [-0.2, 0) is 13.5 Å². The summed E-state index contributed by atoms with van der Waals surface area (Å²) in [6.45, 7) is 1.94. The van der Waals surface area contributed by atoms with Crippen molar-refractivity contribution in [3.63, 3.8) is 0 Å².